The summed E-state index contributed by atoms with van der Waals surface area (Å²) in [5, 5.41) is 9.26. The van der Waals surface area contributed by atoms with Gasteiger partial charge in [0, 0.05) is 11.6 Å². The number of nitrogens with two attached hydrogens (primary N) is 1. The minimum Gasteiger partial charge on any atom is -0.462 e. The standard InChI is InChI=1S/C13H14N2O4S/c1-3-5-10(16)19-7-9-8(6-14)12(15)20-11(9)13(17)18-4-2/h3,5H,4,7,15H2,1-2H3/b5-3+. The minimum atomic E-state index is -0.581. The highest BCUT2D eigenvalue weighted by atomic mass is 32.1. The average molecular weight is 294 g/mol. The van der Waals surface area contributed by atoms with Crippen LogP contribution in [0, 0.1) is 11.3 Å². The summed E-state index contributed by atoms with van der Waals surface area (Å²) in [6.45, 7) is 3.35. The Morgan fingerprint density at radius 3 is 2.70 bits per heavy atom. The van der Waals surface area contributed by atoms with E-state index in [9.17, 15) is 9.59 Å². The number of nitrogen functional groups attached to an aromatic ring is 1. The molecule has 1 aromatic rings. The quantitative estimate of drug-likeness (QED) is 0.658. The van der Waals surface area contributed by atoms with Crippen LogP contribution in [0.25, 0.3) is 0 Å². The van der Waals surface area contributed by atoms with Crippen molar-refractivity contribution in [1.82, 2.24) is 0 Å². The fraction of sp³-hybridized carbons (Fsp3) is 0.308. The average Bonchev–Trinajstić information content (AvgIpc) is 2.73. The third-order valence-electron chi connectivity index (χ3n) is 2.27. The predicted molar refractivity (Wildman–Crippen MR) is 74.0 cm³/mol. The molecule has 0 spiro atoms. The number of thiophene rings is 1. The molecule has 0 bridgehead atoms. The lowest BCUT2D eigenvalue weighted by Crippen LogP contribution is -2.08. The van der Waals surface area contributed by atoms with Gasteiger partial charge < -0.3 is 15.2 Å². The Balaban J connectivity index is 3.05. The highest BCUT2D eigenvalue weighted by Gasteiger charge is 2.23. The summed E-state index contributed by atoms with van der Waals surface area (Å²) in [4.78, 5) is 23.3. The van der Waals surface area contributed by atoms with E-state index in [0.29, 0.717) is 0 Å². The van der Waals surface area contributed by atoms with Crippen molar-refractivity contribution in [3.05, 3.63) is 28.2 Å². The maximum Gasteiger partial charge on any atom is 0.348 e. The molecular formula is C13H14N2O4S. The van der Waals surface area contributed by atoms with Crippen molar-refractivity contribution in [2.45, 2.75) is 20.5 Å². The van der Waals surface area contributed by atoms with Gasteiger partial charge in [0.15, 0.2) is 0 Å². The first kappa shape index (κ1) is 15.7. The van der Waals surface area contributed by atoms with Crippen LogP contribution in [0.2, 0.25) is 0 Å². The molecule has 0 fully saturated rings. The largest absolute Gasteiger partial charge is 0.462 e. The molecule has 0 atom stereocenters. The second-order valence-electron chi connectivity index (χ2n) is 3.59. The highest BCUT2D eigenvalue weighted by Crippen LogP contribution is 2.31. The lowest BCUT2D eigenvalue weighted by molar-refractivity contribution is -0.139. The lowest BCUT2D eigenvalue weighted by atomic mass is 10.1. The zero-order chi connectivity index (χ0) is 15.1. The zero-order valence-electron chi connectivity index (χ0n) is 11.1. The molecule has 1 heterocycles. The second kappa shape index (κ2) is 7.31. The van der Waals surface area contributed by atoms with Crippen molar-refractivity contribution in [2.24, 2.45) is 0 Å². The fourth-order valence-electron chi connectivity index (χ4n) is 1.43. The Labute approximate surface area is 120 Å². The molecule has 106 valence electrons. The molecule has 0 aromatic carbocycles. The number of hydrogen-bond donors (Lipinski definition) is 1. The van der Waals surface area contributed by atoms with Crippen LogP contribution in [-0.2, 0) is 20.9 Å². The molecule has 0 unspecified atom stereocenters. The predicted octanol–water partition coefficient (Wildman–Crippen LogP) is 2.00. The van der Waals surface area contributed by atoms with Crippen molar-refractivity contribution in [2.75, 3.05) is 12.3 Å². The summed E-state index contributed by atoms with van der Waals surface area (Å²) >= 11 is 0.950. The van der Waals surface area contributed by atoms with Gasteiger partial charge in [-0.15, -0.1) is 11.3 Å². The van der Waals surface area contributed by atoms with Crippen LogP contribution in [0.5, 0.6) is 0 Å². The monoisotopic (exact) mass is 294 g/mol. The molecule has 0 aliphatic carbocycles. The van der Waals surface area contributed by atoms with E-state index in [1.54, 1.807) is 13.8 Å². The molecule has 0 amide bonds. The van der Waals surface area contributed by atoms with E-state index in [4.69, 9.17) is 20.5 Å². The van der Waals surface area contributed by atoms with Gasteiger partial charge in [-0.2, -0.15) is 5.26 Å². The number of nitriles is 1. The summed E-state index contributed by atoms with van der Waals surface area (Å²) in [5.41, 5.74) is 6.11. The van der Waals surface area contributed by atoms with Crippen LogP contribution in [0.15, 0.2) is 12.2 Å². The Bertz CT molecular complexity index is 584. The number of carbonyl (C=O) groups excluding carboxylic acids is 2. The zero-order valence-corrected chi connectivity index (χ0v) is 12.0. The molecule has 6 nitrogen and oxygen atoms in total. The maximum absolute atomic E-state index is 11.8. The van der Waals surface area contributed by atoms with E-state index in [1.165, 1.54) is 12.2 Å². The second-order valence-corrected chi connectivity index (χ2v) is 4.64. The first-order chi connectivity index (χ1) is 9.54. The molecule has 0 aliphatic heterocycles. The van der Waals surface area contributed by atoms with Crippen molar-refractivity contribution in [3.8, 4) is 6.07 Å². The van der Waals surface area contributed by atoms with Crippen molar-refractivity contribution < 1.29 is 19.1 Å². The van der Waals surface area contributed by atoms with Gasteiger partial charge in [-0.3, -0.25) is 0 Å². The molecule has 0 saturated heterocycles. The smallest absolute Gasteiger partial charge is 0.348 e. The van der Waals surface area contributed by atoms with E-state index in [0.717, 1.165) is 11.3 Å². The molecule has 7 heteroatoms. The number of carbonyl (C=O) groups is 2. The lowest BCUT2D eigenvalue weighted by Gasteiger charge is -2.04. The third kappa shape index (κ3) is 3.59. The van der Waals surface area contributed by atoms with Crippen LogP contribution in [-0.4, -0.2) is 18.5 Å². The van der Waals surface area contributed by atoms with E-state index >= 15 is 0 Å². The van der Waals surface area contributed by atoms with Crippen LogP contribution >= 0.6 is 11.3 Å². The topological polar surface area (TPSA) is 102 Å². The van der Waals surface area contributed by atoms with Gasteiger partial charge in [0.2, 0.25) is 0 Å². The van der Waals surface area contributed by atoms with Gasteiger partial charge in [-0.05, 0) is 13.8 Å². The number of hydrogen-bond acceptors (Lipinski definition) is 7. The molecule has 1 aromatic heterocycles. The summed E-state index contributed by atoms with van der Waals surface area (Å²) in [6, 6.07) is 1.91. The van der Waals surface area contributed by atoms with Gasteiger partial charge in [-0.25, -0.2) is 9.59 Å². The van der Waals surface area contributed by atoms with E-state index in [1.807, 2.05) is 6.07 Å². The number of anilines is 1. The summed E-state index contributed by atoms with van der Waals surface area (Å²) in [6.07, 6.45) is 2.77. The van der Waals surface area contributed by atoms with E-state index < -0.39 is 11.9 Å². The highest BCUT2D eigenvalue weighted by molar-refractivity contribution is 7.18. The van der Waals surface area contributed by atoms with Gasteiger partial charge >= 0.3 is 11.9 Å². The van der Waals surface area contributed by atoms with E-state index in [2.05, 4.69) is 0 Å². The molecule has 20 heavy (non-hydrogen) atoms. The normalized spacial score (nSPS) is 10.2. The Morgan fingerprint density at radius 1 is 1.45 bits per heavy atom. The third-order valence-corrected chi connectivity index (χ3v) is 3.31. The summed E-state index contributed by atoms with van der Waals surface area (Å²) in [7, 11) is 0. The van der Waals surface area contributed by atoms with Crippen molar-refractivity contribution in [1.29, 1.82) is 5.26 Å². The fourth-order valence-corrected chi connectivity index (χ4v) is 2.35. The molecule has 0 aliphatic rings. The number of ether oxygens (including phenoxy) is 2. The van der Waals surface area contributed by atoms with Crippen molar-refractivity contribution >= 4 is 28.3 Å². The molecule has 2 N–H and O–H groups in total. The molecule has 1 rings (SSSR count). The van der Waals surface area contributed by atoms with Crippen LogP contribution < -0.4 is 5.73 Å². The summed E-state index contributed by atoms with van der Waals surface area (Å²) in [5.74, 6) is -1.14. The molecule has 0 saturated carbocycles. The van der Waals surface area contributed by atoms with Gasteiger partial charge in [0.1, 0.15) is 22.6 Å². The molecule has 0 radical (unpaired) electrons. The Morgan fingerprint density at radius 2 is 2.15 bits per heavy atom. The van der Waals surface area contributed by atoms with Crippen LogP contribution in [0.4, 0.5) is 5.00 Å². The number of rotatable bonds is 5. The number of nitrogens with zero attached hydrogens (tertiary/aromatic N) is 1. The van der Waals surface area contributed by atoms with Gasteiger partial charge in [-0.1, -0.05) is 6.08 Å². The van der Waals surface area contributed by atoms with Crippen LogP contribution in [0.3, 0.4) is 0 Å². The maximum atomic E-state index is 11.8. The SMILES string of the molecule is C/C=C/C(=O)OCc1c(C(=O)OCC)sc(N)c1C#N. The van der Waals surface area contributed by atoms with E-state index in [-0.39, 0.29) is 34.2 Å². The summed E-state index contributed by atoms with van der Waals surface area (Å²) < 4.78 is 9.85. The number of allylic oxidation sites excluding steroid dienone is 1. The minimum absolute atomic E-state index is 0.145. The van der Waals surface area contributed by atoms with Gasteiger partial charge in [0.05, 0.1) is 12.2 Å². The number of esters is 2. The first-order valence-corrected chi connectivity index (χ1v) is 6.64. The van der Waals surface area contributed by atoms with Crippen LogP contribution in [0.1, 0.15) is 34.6 Å². The first-order valence-electron chi connectivity index (χ1n) is 5.82. The Kier molecular flexibility index (Phi) is 5.74. The van der Waals surface area contributed by atoms with Crippen molar-refractivity contribution in [3.63, 3.8) is 0 Å². The van der Waals surface area contributed by atoms with Gasteiger partial charge in [0.25, 0.3) is 0 Å². The molecular weight excluding hydrogens is 280 g/mol. The Hall–Kier alpha value is -2.33.